The Bertz CT molecular complexity index is 1870. The van der Waals surface area contributed by atoms with Crippen molar-refractivity contribution in [3.8, 4) is 0 Å². The summed E-state index contributed by atoms with van der Waals surface area (Å²) in [6, 6.07) is 17.4. The van der Waals surface area contributed by atoms with E-state index in [-0.39, 0.29) is 22.6 Å². The van der Waals surface area contributed by atoms with Crippen molar-refractivity contribution in [2.45, 2.75) is 227 Å². The molecule has 0 bridgehead atoms. The van der Waals surface area contributed by atoms with Crippen LogP contribution in [0.1, 0.15) is 202 Å². The molecule has 4 N–H and O–H groups in total. The zero-order valence-electron chi connectivity index (χ0n) is 38.9. The molecule has 2 heterocycles. The molecule has 12 heteroatoms. The molecular weight excluding hydrogens is 845 g/mol. The molecule has 2 aliphatic rings. The van der Waals surface area contributed by atoms with Gasteiger partial charge in [-0.05, 0) is 97.9 Å². The van der Waals surface area contributed by atoms with Gasteiger partial charge in [-0.3, -0.25) is 0 Å². The minimum absolute atomic E-state index is 0.0791. The molecular formula is C52H80N2O8S2. The van der Waals surface area contributed by atoms with Crippen molar-refractivity contribution in [1.29, 1.82) is 0 Å². The fraction of sp³-hybridized carbons (Fsp3) is 0.654. The summed E-state index contributed by atoms with van der Waals surface area (Å²) in [7, 11) is -8.38. The highest BCUT2D eigenvalue weighted by atomic mass is 32.2. The first-order chi connectivity index (χ1) is 30.9. The van der Waals surface area contributed by atoms with Crippen molar-refractivity contribution in [2.24, 2.45) is 0 Å². The monoisotopic (exact) mass is 925 g/mol. The van der Waals surface area contributed by atoms with Crippen molar-refractivity contribution in [3.05, 3.63) is 95.1 Å². The number of aliphatic hydroxyl groups excluding tert-OH is 2. The fourth-order valence-electron chi connectivity index (χ4n) is 10.0. The summed E-state index contributed by atoms with van der Waals surface area (Å²) >= 11 is 0. The van der Waals surface area contributed by atoms with Crippen molar-refractivity contribution in [3.63, 3.8) is 0 Å². The number of benzene rings is 3. The number of aryl methyl sites for hydroxylation is 2. The van der Waals surface area contributed by atoms with Gasteiger partial charge in [-0.15, -0.1) is 0 Å². The van der Waals surface area contributed by atoms with Gasteiger partial charge in [0.25, 0.3) is 0 Å². The van der Waals surface area contributed by atoms with Gasteiger partial charge in [-0.2, -0.15) is 8.61 Å². The predicted molar refractivity (Wildman–Crippen MR) is 256 cm³/mol. The van der Waals surface area contributed by atoms with Gasteiger partial charge in [0.1, 0.15) is 0 Å². The number of nitrogens with zero attached hydrogens (tertiary/aromatic N) is 2. The highest BCUT2D eigenvalue weighted by molar-refractivity contribution is 7.89. The van der Waals surface area contributed by atoms with Crippen LogP contribution in [0.15, 0.2) is 82.6 Å². The van der Waals surface area contributed by atoms with Crippen LogP contribution >= 0.6 is 0 Å². The van der Waals surface area contributed by atoms with Crippen LogP contribution in [0, 0.1) is 0 Å². The lowest BCUT2D eigenvalue weighted by molar-refractivity contribution is -0.0798. The lowest BCUT2D eigenvalue weighted by Gasteiger charge is -2.32. The van der Waals surface area contributed by atoms with Crippen molar-refractivity contribution < 1.29 is 37.3 Å². The highest BCUT2D eigenvalue weighted by Gasteiger charge is 2.48. The SMILES string of the molecule is CCCCCCCCCCCCc1ccc(S(=O)(=O)N2[C@@H](c3cccc([C@H]4CC[C@@H](C(O)O)N4S(=O)(=O)c4ccc(CCCCCCCCCCCC)cc4)c3)CC[C@H]2C(O)O)cc1. The van der Waals surface area contributed by atoms with Crippen molar-refractivity contribution in [2.75, 3.05) is 0 Å². The summed E-state index contributed by atoms with van der Waals surface area (Å²) in [6.07, 6.45) is 23.9. The molecule has 10 nitrogen and oxygen atoms in total. The Labute approximate surface area is 386 Å². The molecule has 3 aromatic carbocycles. The summed E-state index contributed by atoms with van der Waals surface area (Å²) in [5, 5.41) is 41.8. The van der Waals surface area contributed by atoms with Gasteiger partial charge in [0.05, 0.1) is 34.0 Å². The summed E-state index contributed by atoms with van der Waals surface area (Å²) in [4.78, 5) is 0.158. The third-order valence-electron chi connectivity index (χ3n) is 13.7. The Morgan fingerprint density at radius 3 is 1.08 bits per heavy atom. The Kier molecular flexibility index (Phi) is 21.7. The molecule has 5 rings (SSSR count). The molecule has 0 saturated carbocycles. The summed E-state index contributed by atoms with van der Waals surface area (Å²) in [5.74, 6) is 0. The summed E-state index contributed by atoms with van der Waals surface area (Å²) in [5.41, 5.74) is 3.32. The van der Waals surface area contributed by atoms with Crippen LogP contribution < -0.4 is 0 Å². The van der Waals surface area contributed by atoms with Gasteiger partial charge < -0.3 is 20.4 Å². The smallest absolute Gasteiger partial charge is 0.244 e. The molecule has 0 unspecified atom stereocenters. The summed E-state index contributed by atoms with van der Waals surface area (Å²) in [6.45, 7) is 4.47. The quantitative estimate of drug-likeness (QED) is 0.0380. The first-order valence-corrected chi connectivity index (χ1v) is 27.8. The number of sulfonamides is 2. The van der Waals surface area contributed by atoms with E-state index in [1.165, 1.54) is 111 Å². The number of unbranched alkanes of at least 4 members (excludes halogenated alkanes) is 18. The average molecular weight is 925 g/mol. The van der Waals surface area contributed by atoms with E-state index >= 15 is 0 Å². The van der Waals surface area contributed by atoms with E-state index in [2.05, 4.69) is 13.8 Å². The molecule has 64 heavy (non-hydrogen) atoms. The van der Waals surface area contributed by atoms with Crippen LogP contribution in [-0.4, -0.2) is 70.5 Å². The van der Waals surface area contributed by atoms with Gasteiger partial charge in [-0.25, -0.2) is 16.8 Å². The molecule has 4 atom stereocenters. The van der Waals surface area contributed by atoms with Gasteiger partial charge in [-0.1, -0.05) is 178 Å². The van der Waals surface area contributed by atoms with Gasteiger partial charge in [0, 0.05) is 0 Å². The second-order valence-corrected chi connectivity index (χ2v) is 22.3. The van der Waals surface area contributed by atoms with Gasteiger partial charge in [0.2, 0.25) is 20.0 Å². The van der Waals surface area contributed by atoms with E-state index in [1.54, 1.807) is 48.5 Å². The predicted octanol–water partition coefficient (Wildman–Crippen LogP) is 11.0. The normalized spacial score (nSPS) is 20.0. The van der Waals surface area contributed by atoms with Crippen LogP contribution in [0.2, 0.25) is 0 Å². The second kappa shape index (κ2) is 26.6. The molecule has 0 aliphatic carbocycles. The van der Waals surface area contributed by atoms with E-state index in [9.17, 15) is 37.3 Å². The third-order valence-corrected chi connectivity index (χ3v) is 17.6. The van der Waals surface area contributed by atoms with Crippen LogP contribution in [0.4, 0.5) is 0 Å². The maximum atomic E-state index is 14.4. The first-order valence-electron chi connectivity index (χ1n) is 25.0. The Morgan fingerprint density at radius 1 is 0.453 bits per heavy atom. The van der Waals surface area contributed by atoms with Gasteiger partial charge in [0.15, 0.2) is 12.6 Å². The number of hydrogen-bond acceptors (Lipinski definition) is 8. The largest absolute Gasteiger partial charge is 0.367 e. The Hall–Kier alpha value is -2.68. The molecule has 0 radical (unpaired) electrons. The standard InChI is InChI=1S/C52H80N2O8S2/c1-3-5-7-9-11-13-15-17-19-21-24-41-28-32-45(33-29-41)63(59,60)53-47(36-38-49(53)51(55)56)43-26-23-27-44(40-43)48-37-39-50(52(57)58)54(48)64(61,62)46-34-30-42(31-35-46)25-22-20-18-16-14-12-10-8-6-4-2/h23,26-35,40,47-52,55-58H,3-22,24-25,36-39H2,1-2H3/t47-,48-,49+,50+/m1/s1. The topological polar surface area (TPSA) is 156 Å². The number of rotatable bonds is 30. The molecule has 0 spiro atoms. The van der Waals surface area contributed by atoms with E-state index < -0.39 is 56.8 Å². The average Bonchev–Trinajstić information content (AvgIpc) is 3.96. The third kappa shape index (κ3) is 14.7. The molecule has 0 amide bonds. The maximum absolute atomic E-state index is 14.4. The Morgan fingerprint density at radius 2 is 0.766 bits per heavy atom. The summed E-state index contributed by atoms with van der Waals surface area (Å²) < 4.78 is 60.1. The second-order valence-electron chi connectivity index (χ2n) is 18.6. The fourth-order valence-corrected chi connectivity index (χ4v) is 13.7. The molecule has 2 saturated heterocycles. The molecule has 358 valence electrons. The Balaban J connectivity index is 1.24. The van der Waals surface area contributed by atoms with Crippen molar-refractivity contribution in [1.82, 2.24) is 8.61 Å². The highest BCUT2D eigenvalue weighted by Crippen LogP contribution is 2.45. The van der Waals surface area contributed by atoms with Crippen LogP contribution in [0.25, 0.3) is 0 Å². The van der Waals surface area contributed by atoms with E-state index in [0.717, 1.165) is 49.7 Å². The van der Waals surface area contributed by atoms with Crippen LogP contribution in [0.5, 0.6) is 0 Å². The van der Waals surface area contributed by atoms with Gasteiger partial charge >= 0.3 is 0 Å². The minimum atomic E-state index is -4.19. The lowest BCUT2D eigenvalue weighted by atomic mass is 9.98. The first kappa shape index (κ1) is 52.3. The van der Waals surface area contributed by atoms with E-state index in [1.807, 2.05) is 24.3 Å². The van der Waals surface area contributed by atoms with E-state index in [0.29, 0.717) is 24.0 Å². The minimum Gasteiger partial charge on any atom is -0.367 e. The molecule has 2 fully saturated rings. The zero-order valence-corrected chi connectivity index (χ0v) is 40.5. The lowest BCUT2D eigenvalue weighted by Crippen LogP contribution is -2.44. The van der Waals surface area contributed by atoms with Crippen LogP contribution in [-0.2, 0) is 32.9 Å². The number of hydrogen-bond donors (Lipinski definition) is 4. The maximum Gasteiger partial charge on any atom is 0.244 e. The molecule has 2 aliphatic heterocycles. The molecule has 0 aromatic heterocycles. The number of aliphatic hydroxyl groups is 4. The molecule has 3 aromatic rings. The van der Waals surface area contributed by atoms with Crippen molar-refractivity contribution >= 4 is 20.0 Å². The van der Waals surface area contributed by atoms with E-state index in [4.69, 9.17) is 0 Å². The van der Waals surface area contributed by atoms with Crippen LogP contribution in [0.3, 0.4) is 0 Å². The zero-order chi connectivity index (χ0) is 46.0.